The fourth-order valence-corrected chi connectivity index (χ4v) is 4.69. The molecule has 0 aliphatic carbocycles. The summed E-state index contributed by atoms with van der Waals surface area (Å²) in [6, 6.07) is 12.7. The highest BCUT2D eigenvalue weighted by Crippen LogP contribution is 2.28. The largest absolute Gasteiger partial charge is 0.348 e. The Labute approximate surface area is 175 Å². The fraction of sp³-hybridized carbons (Fsp3) is 0.435. The minimum atomic E-state index is -3.65. The number of benzene rings is 2. The number of amides is 1. The Balaban J connectivity index is 2.34. The smallest absolute Gasteiger partial charge is 0.244 e. The van der Waals surface area contributed by atoms with Gasteiger partial charge in [-0.3, -0.25) is 9.10 Å². The van der Waals surface area contributed by atoms with Gasteiger partial charge in [-0.05, 0) is 61.9 Å². The molecule has 2 aromatic carbocycles. The van der Waals surface area contributed by atoms with E-state index in [2.05, 4.69) is 12.2 Å². The number of carbonyl (C=O) groups excluding carboxylic acids is 1. The van der Waals surface area contributed by atoms with Gasteiger partial charge >= 0.3 is 0 Å². The molecule has 1 N–H and O–H groups in total. The molecule has 0 aliphatic rings. The number of anilines is 1. The lowest BCUT2D eigenvalue weighted by molar-refractivity contribution is -0.122. The Bertz CT molecular complexity index is 953. The summed E-state index contributed by atoms with van der Waals surface area (Å²) in [7, 11) is -3.65. The van der Waals surface area contributed by atoms with Crippen molar-refractivity contribution < 1.29 is 13.2 Å². The van der Waals surface area contributed by atoms with Gasteiger partial charge in [-0.1, -0.05) is 50.2 Å². The lowest BCUT2D eigenvalue weighted by Crippen LogP contribution is -2.50. The molecule has 0 unspecified atom stereocenters. The molecule has 0 aliphatic heterocycles. The summed E-state index contributed by atoms with van der Waals surface area (Å²) in [6.45, 7) is 9.60. The van der Waals surface area contributed by atoms with Crippen molar-refractivity contribution in [3.8, 4) is 0 Å². The molecule has 0 bridgehead atoms. The zero-order valence-corrected chi connectivity index (χ0v) is 19.0. The van der Waals surface area contributed by atoms with E-state index in [1.807, 2.05) is 70.2 Å². The van der Waals surface area contributed by atoms with E-state index >= 15 is 0 Å². The molecule has 158 valence electrons. The summed E-state index contributed by atoms with van der Waals surface area (Å²) < 4.78 is 26.6. The molecule has 29 heavy (non-hydrogen) atoms. The maximum atomic E-state index is 13.1. The summed E-state index contributed by atoms with van der Waals surface area (Å²) in [5.41, 5.74) is 4.53. The third-order valence-corrected chi connectivity index (χ3v) is 6.34. The summed E-state index contributed by atoms with van der Waals surface area (Å²) in [5.74, 6) is -0.300. The van der Waals surface area contributed by atoms with Crippen LogP contribution in [0.5, 0.6) is 0 Å². The van der Waals surface area contributed by atoms with E-state index in [9.17, 15) is 13.2 Å². The van der Waals surface area contributed by atoms with Gasteiger partial charge in [0, 0.05) is 0 Å². The van der Waals surface area contributed by atoms with Gasteiger partial charge in [-0.15, -0.1) is 0 Å². The first-order valence-corrected chi connectivity index (χ1v) is 11.9. The van der Waals surface area contributed by atoms with Crippen molar-refractivity contribution in [1.82, 2.24) is 5.32 Å². The van der Waals surface area contributed by atoms with Crippen molar-refractivity contribution in [2.45, 2.75) is 59.5 Å². The van der Waals surface area contributed by atoms with E-state index in [1.54, 1.807) is 0 Å². The molecular formula is C23H32N2O3S. The summed E-state index contributed by atoms with van der Waals surface area (Å²) >= 11 is 0. The molecule has 0 saturated heterocycles. The highest BCUT2D eigenvalue weighted by molar-refractivity contribution is 7.92. The number of nitrogens with zero attached hydrogens (tertiary/aromatic N) is 1. The number of aryl methyl sites for hydroxylation is 3. The van der Waals surface area contributed by atoms with Gasteiger partial charge in [0.15, 0.2) is 0 Å². The molecule has 1 amide bonds. The minimum absolute atomic E-state index is 0.220. The van der Waals surface area contributed by atoms with E-state index in [4.69, 9.17) is 0 Å². The van der Waals surface area contributed by atoms with Crippen molar-refractivity contribution in [1.29, 1.82) is 0 Å². The van der Waals surface area contributed by atoms with Crippen LogP contribution in [0, 0.1) is 13.8 Å². The normalized spacial score (nSPS) is 13.6. The van der Waals surface area contributed by atoms with Gasteiger partial charge in [0.05, 0.1) is 18.0 Å². The highest BCUT2D eigenvalue weighted by atomic mass is 32.2. The van der Waals surface area contributed by atoms with Crippen molar-refractivity contribution in [3.63, 3.8) is 0 Å². The molecule has 2 atom stereocenters. The topological polar surface area (TPSA) is 66.5 Å². The molecule has 2 aromatic rings. The van der Waals surface area contributed by atoms with Crippen LogP contribution in [-0.2, 0) is 21.2 Å². The maximum absolute atomic E-state index is 13.1. The molecule has 0 fully saturated rings. The second kappa shape index (κ2) is 9.44. The first-order valence-electron chi connectivity index (χ1n) is 10.0. The Morgan fingerprint density at radius 3 is 2.21 bits per heavy atom. The van der Waals surface area contributed by atoms with Crippen LogP contribution in [0.25, 0.3) is 0 Å². The van der Waals surface area contributed by atoms with E-state index in [0.29, 0.717) is 12.1 Å². The van der Waals surface area contributed by atoms with Gasteiger partial charge in [0.2, 0.25) is 15.9 Å². The lowest BCUT2D eigenvalue weighted by Gasteiger charge is -2.32. The van der Waals surface area contributed by atoms with Gasteiger partial charge in [0.25, 0.3) is 0 Å². The second-order valence-corrected chi connectivity index (χ2v) is 9.46. The predicted molar refractivity (Wildman–Crippen MR) is 120 cm³/mol. The maximum Gasteiger partial charge on any atom is 0.244 e. The SMILES string of the molecule is CCc1ccc([C@H](C)NC(=O)[C@@H](CC)N(c2cc(C)ccc2C)S(C)(=O)=O)cc1. The Kier molecular flexibility index (Phi) is 7.47. The van der Waals surface area contributed by atoms with Gasteiger partial charge in [0.1, 0.15) is 6.04 Å². The summed E-state index contributed by atoms with van der Waals surface area (Å²) in [4.78, 5) is 13.1. The number of hydrogen-bond acceptors (Lipinski definition) is 3. The van der Waals surface area contributed by atoms with E-state index in [0.717, 1.165) is 29.4 Å². The number of sulfonamides is 1. The van der Waals surface area contributed by atoms with Crippen LogP contribution in [0.2, 0.25) is 0 Å². The van der Waals surface area contributed by atoms with Crippen LogP contribution in [0.3, 0.4) is 0 Å². The monoisotopic (exact) mass is 416 g/mol. The van der Waals surface area contributed by atoms with Crippen LogP contribution in [0.4, 0.5) is 5.69 Å². The van der Waals surface area contributed by atoms with Crippen molar-refractivity contribution in [2.75, 3.05) is 10.6 Å². The van der Waals surface area contributed by atoms with E-state index in [-0.39, 0.29) is 11.9 Å². The summed E-state index contributed by atoms with van der Waals surface area (Å²) in [6.07, 6.45) is 2.48. The molecule has 0 heterocycles. The molecule has 0 saturated carbocycles. The number of nitrogens with one attached hydrogen (secondary N) is 1. The van der Waals surface area contributed by atoms with Gasteiger partial charge < -0.3 is 5.32 Å². The zero-order chi connectivity index (χ0) is 21.8. The Morgan fingerprint density at radius 1 is 1.07 bits per heavy atom. The average molecular weight is 417 g/mol. The first kappa shape index (κ1) is 22.9. The lowest BCUT2D eigenvalue weighted by atomic mass is 10.0. The van der Waals surface area contributed by atoms with Crippen LogP contribution in [0.15, 0.2) is 42.5 Å². The highest BCUT2D eigenvalue weighted by Gasteiger charge is 2.33. The number of rotatable bonds is 8. The van der Waals surface area contributed by atoms with Crippen LogP contribution in [-0.4, -0.2) is 26.6 Å². The third-order valence-electron chi connectivity index (χ3n) is 5.18. The van der Waals surface area contributed by atoms with E-state index < -0.39 is 16.1 Å². The van der Waals surface area contributed by atoms with Crippen LogP contribution < -0.4 is 9.62 Å². The average Bonchev–Trinajstić information content (AvgIpc) is 2.67. The van der Waals surface area contributed by atoms with Crippen molar-refractivity contribution in [2.24, 2.45) is 0 Å². The van der Waals surface area contributed by atoms with Gasteiger partial charge in [-0.2, -0.15) is 0 Å². The Morgan fingerprint density at radius 2 is 1.69 bits per heavy atom. The first-order chi connectivity index (χ1) is 13.6. The molecule has 5 nitrogen and oxygen atoms in total. The van der Waals surface area contributed by atoms with Crippen molar-refractivity contribution in [3.05, 3.63) is 64.7 Å². The molecule has 0 radical (unpaired) electrons. The van der Waals surface area contributed by atoms with Crippen molar-refractivity contribution >= 4 is 21.6 Å². The number of hydrogen-bond donors (Lipinski definition) is 1. The van der Waals surface area contributed by atoms with E-state index in [1.165, 1.54) is 9.87 Å². The quantitative estimate of drug-likeness (QED) is 0.698. The third kappa shape index (κ3) is 5.60. The molecular weight excluding hydrogens is 384 g/mol. The molecule has 2 rings (SSSR count). The Hall–Kier alpha value is -2.34. The van der Waals surface area contributed by atoms with Gasteiger partial charge in [-0.25, -0.2) is 8.42 Å². The second-order valence-electron chi connectivity index (χ2n) is 7.60. The number of carbonyl (C=O) groups is 1. The zero-order valence-electron chi connectivity index (χ0n) is 18.2. The fourth-order valence-electron chi connectivity index (χ4n) is 3.43. The molecule has 0 aromatic heterocycles. The molecule has 6 heteroatoms. The minimum Gasteiger partial charge on any atom is -0.348 e. The standard InChI is InChI=1S/C23H32N2O3S/c1-7-19-11-13-20(14-12-19)18(5)24-23(26)21(8-2)25(29(6,27)28)22-15-16(3)9-10-17(22)4/h9-15,18,21H,7-8H2,1-6H3,(H,24,26)/t18-,21+/m0/s1. The van der Waals surface area contributed by atoms with Crippen LogP contribution in [0.1, 0.15) is 55.5 Å². The van der Waals surface area contributed by atoms with Crippen LogP contribution >= 0.6 is 0 Å². The summed E-state index contributed by atoms with van der Waals surface area (Å²) in [5, 5.41) is 3.00. The molecule has 0 spiro atoms. The predicted octanol–water partition coefficient (Wildman–Crippen LogP) is 4.29.